The van der Waals surface area contributed by atoms with Gasteiger partial charge in [0.2, 0.25) is 5.13 Å². The Hall–Kier alpha value is -3.84. The maximum absolute atomic E-state index is 9.58. The van der Waals surface area contributed by atoms with Gasteiger partial charge in [-0.05, 0) is 43.5 Å². The van der Waals surface area contributed by atoms with E-state index in [0.29, 0.717) is 28.0 Å². The van der Waals surface area contributed by atoms with Crippen LogP contribution >= 0.6 is 11.3 Å². The van der Waals surface area contributed by atoms with Crippen LogP contribution in [0.25, 0.3) is 15.3 Å². The number of nitriles is 1. The largest absolute Gasteiger partial charge is 0.371 e. The molecule has 1 N–H and O–H groups in total. The summed E-state index contributed by atoms with van der Waals surface area (Å²) < 4.78 is 2.60. The molecule has 1 aliphatic rings. The van der Waals surface area contributed by atoms with Gasteiger partial charge in [-0.2, -0.15) is 15.0 Å². The van der Waals surface area contributed by atoms with Crippen LogP contribution < -0.4 is 10.2 Å². The number of anilines is 2. The van der Waals surface area contributed by atoms with Crippen molar-refractivity contribution in [3.05, 3.63) is 47.7 Å². The molecule has 160 valence electrons. The Morgan fingerprint density at radius 2 is 1.97 bits per heavy atom. The Labute approximate surface area is 189 Å². The fourth-order valence-corrected chi connectivity index (χ4v) is 4.69. The molecule has 0 bridgehead atoms. The number of aryl methyl sites for hydroxylation is 1. The van der Waals surface area contributed by atoms with Gasteiger partial charge in [0, 0.05) is 20.1 Å². The lowest BCUT2D eigenvalue weighted by Gasteiger charge is -2.19. The first-order valence-electron chi connectivity index (χ1n) is 10.4. The molecule has 1 fully saturated rings. The third-order valence-electron chi connectivity index (χ3n) is 5.41. The molecule has 0 atom stereocenters. The van der Waals surface area contributed by atoms with Crippen molar-refractivity contribution in [2.75, 3.05) is 30.4 Å². The zero-order chi connectivity index (χ0) is 22.1. The number of pyridine rings is 1. The molecule has 5 rings (SSSR count). The maximum atomic E-state index is 9.58. The fraction of sp³-hybridized carbons (Fsp3) is 0.273. The van der Waals surface area contributed by atoms with Gasteiger partial charge in [0.25, 0.3) is 0 Å². The Kier molecular flexibility index (Phi) is 5.25. The van der Waals surface area contributed by atoms with E-state index >= 15 is 0 Å². The smallest absolute Gasteiger partial charge is 0.213 e. The van der Waals surface area contributed by atoms with E-state index in [1.807, 2.05) is 44.3 Å². The average molecular weight is 444 g/mol. The number of thiazole rings is 1. The summed E-state index contributed by atoms with van der Waals surface area (Å²) in [6, 6.07) is 12.0. The van der Waals surface area contributed by atoms with Gasteiger partial charge in [-0.3, -0.25) is 0 Å². The van der Waals surface area contributed by atoms with Crippen molar-refractivity contribution in [1.29, 1.82) is 5.26 Å². The lowest BCUT2D eigenvalue weighted by molar-refractivity contribution is 0.862. The minimum Gasteiger partial charge on any atom is -0.371 e. The van der Waals surface area contributed by atoms with E-state index in [-0.39, 0.29) is 0 Å². The average Bonchev–Trinajstić information content (AvgIpc) is 3.56. The zero-order valence-electron chi connectivity index (χ0n) is 17.8. The SMILES string of the molecule is CNc1nc(N2CCCC2)cc(C)c1N=Nc1c(C#N)cnn1-c1nc2ccccc2s1. The highest BCUT2D eigenvalue weighted by Gasteiger charge is 2.19. The van der Waals surface area contributed by atoms with Crippen molar-refractivity contribution in [3.63, 3.8) is 0 Å². The Balaban J connectivity index is 1.55. The summed E-state index contributed by atoms with van der Waals surface area (Å²) in [6.07, 6.45) is 3.86. The zero-order valence-corrected chi connectivity index (χ0v) is 18.6. The predicted octanol–water partition coefficient (Wildman–Crippen LogP) is 5.11. The van der Waals surface area contributed by atoms with Crippen molar-refractivity contribution >= 4 is 44.7 Å². The van der Waals surface area contributed by atoms with E-state index in [1.54, 1.807) is 4.68 Å². The lowest BCUT2D eigenvalue weighted by Crippen LogP contribution is -2.19. The van der Waals surface area contributed by atoms with Crippen molar-refractivity contribution in [2.24, 2.45) is 10.2 Å². The monoisotopic (exact) mass is 443 g/mol. The van der Waals surface area contributed by atoms with Crippen LogP contribution in [0.15, 0.2) is 46.8 Å². The minimum absolute atomic E-state index is 0.332. The summed E-state index contributed by atoms with van der Waals surface area (Å²) in [5.41, 5.74) is 2.80. The standard InChI is InChI=1S/C22H21N9S/c1-14-11-18(30-9-5-6-10-30)27-20(24-2)19(14)28-29-21-15(12-23)13-25-31(21)22-26-16-7-3-4-8-17(16)32-22/h3-4,7-8,11,13H,5-6,9-10H2,1-2H3,(H,24,27). The molecule has 0 spiro atoms. The summed E-state index contributed by atoms with van der Waals surface area (Å²) in [6.45, 7) is 4.03. The summed E-state index contributed by atoms with van der Waals surface area (Å²) in [7, 11) is 1.82. The number of para-hydroxylation sites is 1. The number of hydrogen-bond acceptors (Lipinski definition) is 9. The maximum Gasteiger partial charge on any atom is 0.213 e. The molecule has 1 aromatic carbocycles. The molecular weight excluding hydrogens is 422 g/mol. The van der Waals surface area contributed by atoms with Crippen LogP contribution in [0.2, 0.25) is 0 Å². The Morgan fingerprint density at radius 1 is 1.16 bits per heavy atom. The third-order valence-corrected chi connectivity index (χ3v) is 6.42. The van der Waals surface area contributed by atoms with E-state index < -0.39 is 0 Å². The van der Waals surface area contributed by atoms with Crippen molar-refractivity contribution in [3.8, 4) is 11.2 Å². The predicted molar refractivity (Wildman–Crippen MR) is 126 cm³/mol. The number of nitrogens with zero attached hydrogens (tertiary/aromatic N) is 8. The van der Waals surface area contributed by atoms with Gasteiger partial charge >= 0.3 is 0 Å². The van der Waals surface area contributed by atoms with E-state index in [4.69, 9.17) is 4.98 Å². The van der Waals surface area contributed by atoms with Crippen LogP contribution in [0.3, 0.4) is 0 Å². The number of nitrogens with one attached hydrogen (secondary N) is 1. The van der Waals surface area contributed by atoms with Gasteiger partial charge in [0.1, 0.15) is 23.1 Å². The molecule has 0 aliphatic carbocycles. The number of hydrogen-bond donors (Lipinski definition) is 1. The molecular formula is C22H21N9S. The van der Waals surface area contributed by atoms with Crippen LogP contribution in [0, 0.1) is 18.3 Å². The van der Waals surface area contributed by atoms with Crippen LogP contribution in [-0.2, 0) is 0 Å². The number of rotatable bonds is 5. The van der Waals surface area contributed by atoms with E-state index in [9.17, 15) is 5.26 Å². The third kappa shape index (κ3) is 3.56. The molecule has 1 aliphatic heterocycles. The molecule has 1 saturated heterocycles. The van der Waals surface area contributed by atoms with Crippen molar-refractivity contribution in [2.45, 2.75) is 19.8 Å². The van der Waals surface area contributed by atoms with Crippen molar-refractivity contribution < 1.29 is 0 Å². The molecule has 0 unspecified atom stereocenters. The minimum atomic E-state index is 0.332. The number of aromatic nitrogens is 4. The van der Waals surface area contributed by atoms with E-state index in [0.717, 1.165) is 34.7 Å². The summed E-state index contributed by atoms with van der Waals surface area (Å²) in [4.78, 5) is 11.7. The van der Waals surface area contributed by atoms with Crippen LogP contribution in [0.4, 0.5) is 23.1 Å². The number of fused-ring (bicyclic) bond motifs is 1. The normalized spacial score (nSPS) is 13.8. The Morgan fingerprint density at radius 3 is 2.72 bits per heavy atom. The van der Waals surface area contributed by atoms with Gasteiger partial charge in [0.15, 0.2) is 11.6 Å². The molecule has 32 heavy (non-hydrogen) atoms. The van der Waals surface area contributed by atoms with Crippen LogP contribution in [0.1, 0.15) is 24.0 Å². The second kappa shape index (κ2) is 8.36. The second-order valence-electron chi connectivity index (χ2n) is 7.51. The van der Waals surface area contributed by atoms with Crippen molar-refractivity contribution in [1.82, 2.24) is 19.7 Å². The van der Waals surface area contributed by atoms with E-state index in [1.165, 1.54) is 30.4 Å². The second-order valence-corrected chi connectivity index (χ2v) is 8.52. The summed E-state index contributed by atoms with van der Waals surface area (Å²) in [5.74, 6) is 1.94. The van der Waals surface area contributed by atoms with Gasteiger partial charge in [-0.25, -0.2) is 9.97 Å². The van der Waals surface area contributed by atoms with E-state index in [2.05, 4.69) is 36.6 Å². The first-order chi connectivity index (χ1) is 15.7. The lowest BCUT2D eigenvalue weighted by atomic mass is 10.2. The molecule has 9 nitrogen and oxygen atoms in total. The van der Waals surface area contributed by atoms with Gasteiger partial charge in [-0.15, -0.1) is 10.2 Å². The molecule has 0 amide bonds. The number of azo groups is 1. The molecule has 4 heterocycles. The fourth-order valence-electron chi connectivity index (χ4n) is 3.76. The van der Waals surface area contributed by atoms with Crippen LogP contribution in [0.5, 0.6) is 0 Å². The highest BCUT2D eigenvalue weighted by molar-refractivity contribution is 7.20. The van der Waals surface area contributed by atoms with Gasteiger partial charge < -0.3 is 10.2 Å². The summed E-state index contributed by atoms with van der Waals surface area (Å²) in [5, 5.41) is 26.6. The molecule has 3 aromatic heterocycles. The molecule has 4 aromatic rings. The molecule has 10 heteroatoms. The number of benzene rings is 1. The van der Waals surface area contributed by atoms with Gasteiger partial charge in [-0.1, -0.05) is 23.5 Å². The first-order valence-corrected chi connectivity index (χ1v) is 11.2. The molecule has 0 saturated carbocycles. The Bertz CT molecular complexity index is 1320. The van der Waals surface area contributed by atoms with Gasteiger partial charge in [0.05, 0.1) is 16.4 Å². The first kappa shape index (κ1) is 20.1. The topological polar surface area (TPSA) is 107 Å². The highest BCUT2D eigenvalue weighted by atomic mass is 32.1. The quantitative estimate of drug-likeness (QED) is 0.429. The summed E-state index contributed by atoms with van der Waals surface area (Å²) >= 11 is 1.48. The molecule has 0 radical (unpaired) electrons. The highest BCUT2D eigenvalue weighted by Crippen LogP contribution is 2.35. The van der Waals surface area contributed by atoms with Crippen LogP contribution in [-0.4, -0.2) is 39.9 Å².